The Hall–Kier alpha value is -2.29. The van der Waals surface area contributed by atoms with E-state index in [0.29, 0.717) is 6.61 Å². The topological polar surface area (TPSA) is 38.3 Å². The first-order valence-corrected chi connectivity index (χ1v) is 11.3. The Morgan fingerprint density at radius 1 is 0.897 bits per heavy atom. The van der Waals surface area contributed by atoms with Gasteiger partial charge in [0.2, 0.25) is 5.91 Å². The highest BCUT2D eigenvalue weighted by Gasteiger charge is 2.54. The largest absolute Gasteiger partial charge is 0.491 e. The maximum atomic E-state index is 13.4. The van der Waals surface area contributed by atoms with Crippen molar-refractivity contribution in [2.24, 2.45) is 23.2 Å². The van der Waals surface area contributed by atoms with Crippen LogP contribution >= 0.6 is 0 Å². The van der Waals surface area contributed by atoms with Crippen molar-refractivity contribution >= 4 is 11.6 Å². The summed E-state index contributed by atoms with van der Waals surface area (Å²) in [6, 6.07) is 18.4. The number of hydrogen-bond acceptors (Lipinski definition) is 2. The number of carbonyl (C=O) groups is 1. The van der Waals surface area contributed by atoms with E-state index in [4.69, 9.17) is 4.74 Å². The van der Waals surface area contributed by atoms with Gasteiger partial charge in [0.1, 0.15) is 5.75 Å². The summed E-state index contributed by atoms with van der Waals surface area (Å²) in [5, 5.41) is 3.26. The highest BCUT2D eigenvalue weighted by Crippen LogP contribution is 2.60. The number of hydrogen-bond donors (Lipinski definition) is 1. The number of anilines is 1. The van der Waals surface area contributed by atoms with E-state index in [1.807, 2.05) is 30.3 Å². The van der Waals surface area contributed by atoms with Crippen molar-refractivity contribution in [3.8, 4) is 5.75 Å². The van der Waals surface area contributed by atoms with Crippen LogP contribution < -0.4 is 10.1 Å². The van der Waals surface area contributed by atoms with Gasteiger partial charge in [0.05, 0.1) is 17.7 Å². The number of ether oxygens (including phenoxy) is 1. The molecule has 6 rings (SSSR count). The summed E-state index contributed by atoms with van der Waals surface area (Å²) in [6.45, 7) is 0.652. The molecule has 1 N–H and O–H groups in total. The van der Waals surface area contributed by atoms with Gasteiger partial charge in [0.15, 0.2) is 0 Å². The number of rotatable bonds is 7. The van der Waals surface area contributed by atoms with Gasteiger partial charge in [0, 0.05) is 0 Å². The zero-order valence-electron chi connectivity index (χ0n) is 17.1. The summed E-state index contributed by atoms with van der Waals surface area (Å²) in [7, 11) is 0. The minimum absolute atomic E-state index is 0.130. The average Bonchev–Trinajstić information content (AvgIpc) is 2.72. The lowest BCUT2D eigenvalue weighted by atomic mass is 9.49. The van der Waals surface area contributed by atoms with E-state index in [-0.39, 0.29) is 11.3 Å². The molecule has 0 atom stereocenters. The maximum Gasteiger partial charge on any atom is 0.230 e. The minimum atomic E-state index is -0.130. The van der Waals surface area contributed by atoms with Gasteiger partial charge >= 0.3 is 0 Å². The maximum absolute atomic E-state index is 13.4. The van der Waals surface area contributed by atoms with Gasteiger partial charge in [-0.1, -0.05) is 42.5 Å². The number of nitrogens with one attached hydrogen (secondary N) is 1. The van der Waals surface area contributed by atoms with Crippen molar-refractivity contribution < 1.29 is 9.53 Å². The van der Waals surface area contributed by atoms with Crippen LogP contribution in [0, 0.1) is 23.2 Å². The fourth-order valence-corrected chi connectivity index (χ4v) is 6.44. The third-order valence-corrected chi connectivity index (χ3v) is 7.37. The van der Waals surface area contributed by atoms with Crippen molar-refractivity contribution in [3.63, 3.8) is 0 Å². The van der Waals surface area contributed by atoms with Gasteiger partial charge in [-0.25, -0.2) is 0 Å². The minimum Gasteiger partial charge on any atom is -0.491 e. The molecule has 0 aliphatic heterocycles. The number of para-hydroxylation sites is 2. The Bertz CT molecular complexity index is 825. The van der Waals surface area contributed by atoms with Crippen LogP contribution in [0.1, 0.15) is 50.5 Å². The molecule has 0 spiro atoms. The highest BCUT2D eigenvalue weighted by molar-refractivity contribution is 5.96. The molecule has 0 saturated heterocycles. The van der Waals surface area contributed by atoms with E-state index >= 15 is 0 Å². The van der Waals surface area contributed by atoms with Crippen LogP contribution in [0.15, 0.2) is 54.6 Å². The lowest BCUT2D eigenvalue weighted by Crippen LogP contribution is -2.51. The number of benzene rings is 2. The Balaban J connectivity index is 1.21. The molecule has 3 nitrogen and oxygen atoms in total. The lowest BCUT2D eigenvalue weighted by Gasteiger charge is -2.55. The molecule has 29 heavy (non-hydrogen) atoms. The Morgan fingerprint density at radius 3 is 2.21 bits per heavy atom. The fraction of sp³-hybridized carbons (Fsp3) is 0.500. The van der Waals surface area contributed by atoms with Gasteiger partial charge < -0.3 is 10.1 Å². The van der Waals surface area contributed by atoms with Gasteiger partial charge in [-0.15, -0.1) is 0 Å². The molecule has 0 heterocycles. The first-order valence-electron chi connectivity index (χ1n) is 11.3. The molecule has 4 saturated carbocycles. The van der Waals surface area contributed by atoms with Gasteiger partial charge in [-0.05, 0) is 86.8 Å². The molecular formula is C26H31NO2. The van der Waals surface area contributed by atoms with E-state index < -0.39 is 0 Å². The molecule has 4 fully saturated rings. The van der Waals surface area contributed by atoms with Crippen LogP contribution in [-0.4, -0.2) is 12.5 Å². The Morgan fingerprint density at radius 2 is 1.52 bits per heavy atom. The summed E-state index contributed by atoms with van der Waals surface area (Å²) in [4.78, 5) is 13.4. The predicted molar refractivity (Wildman–Crippen MR) is 116 cm³/mol. The molecule has 4 bridgehead atoms. The van der Waals surface area contributed by atoms with Gasteiger partial charge in [-0.3, -0.25) is 4.79 Å². The first-order chi connectivity index (χ1) is 14.2. The average molecular weight is 390 g/mol. The molecule has 3 heteroatoms. The normalized spacial score (nSPS) is 29.6. The van der Waals surface area contributed by atoms with E-state index in [2.05, 4.69) is 29.6 Å². The van der Waals surface area contributed by atoms with Crippen LogP contribution in [0.5, 0.6) is 5.75 Å². The summed E-state index contributed by atoms with van der Waals surface area (Å²) in [5.41, 5.74) is 2.03. The highest BCUT2D eigenvalue weighted by atomic mass is 16.5. The van der Waals surface area contributed by atoms with E-state index in [1.54, 1.807) is 0 Å². The second-order valence-corrected chi connectivity index (χ2v) is 9.59. The smallest absolute Gasteiger partial charge is 0.230 e. The fourth-order valence-electron chi connectivity index (χ4n) is 6.44. The molecule has 4 aliphatic carbocycles. The zero-order valence-corrected chi connectivity index (χ0v) is 17.1. The van der Waals surface area contributed by atoms with Crippen molar-refractivity contribution in [2.45, 2.75) is 51.4 Å². The van der Waals surface area contributed by atoms with Crippen molar-refractivity contribution in [2.75, 3.05) is 11.9 Å². The Labute approximate surface area is 173 Å². The van der Waals surface area contributed by atoms with Gasteiger partial charge in [0.25, 0.3) is 0 Å². The van der Waals surface area contributed by atoms with E-state index in [0.717, 1.165) is 61.3 Å². The molecule has 0 unspecified atom stereocenters. The molecule has 2 aromatic rings. The molecule has 2 aromatic carbocycles. The lowest BCUT2D eigenvalue weighted by molar-refractivity contribution is -0.140. The monoisotopic (exact) mass is 389 g/mol. The zero-order chi connectivity index (χ0) is 19.7. The number of aryl methyl sites for hydroxylation is 1. The molecule has 4 aliphatic rings. The van der Waals surface area contributed by atoms with E-state index in [9.17, 15) is 4.79 Å². The van der Waals surface area contributed by atoms with Crippen molar-refractivity contribution in [1.29, 1.82) is 0 Å². The van der Waals surface area contributed by atoms with Crippen LogP contribution in [0.4, 0.5) is 5.69 Å². The predicted octanol–water partition coefficient (Wildman–Crippen LogP) is 5.85. The molecular weight excluding hydrogens is 358 g/mol. The SMILES string of the molecule is O=C(Nc1ccccc1OCCCc1ccccc1)C12CC3CC(CC(C3)C1)C2. The third kappa shape index (κ3) is 3.92. The summed E-state index contributed by atoms with van der Waals surface area (Å²) in [6.07, 6.45) is 9.29. The van der Waals surface area contributed by atoms with Crippen LogP contribution in [0.25, 0.3) is 0 Å². The summed E-state index contributed by atoms with van der Waals surface area (Å²) in [5.74, 6) is 3.35. The summed E-state index contributed by atoms with van der Waals surface area (Å²) < 4.78 is 6.06. The van der Waals surface area contributed by atoms with Crippen LogP contribution in [-0.2, 0) is 11.2 Å². The molecule has 0 radical (unpaired) electrons. The quantitative estimate of drug-likeness (QED) is 0.603. The van der Waals surface area contributed by atoms with Gasteiger partial charge in [-0.2, -0.15) is 0 Å². The second kappa shape index (κ2) is 7.85. The second-order valence-electron chi connectivity index (χ2n) is 9.59. The first kappa shape index (κ1) is 18.7. The summed E-state index contributed by atoms with van der Waals surface area (Å²) >= 11 is 0. The van der Waals surface area contributed by atoms with Crippen LogP contribution in [0.2, 0.25) is 0 Å². The molecule has 0 aromatic heterocycles. The molecule has 1 amide bonds. The third-order valence-electron chi connectivity index (χ3n) is 7.37. The molecule has 152 valence electrons. The van der Waals surface area contributed by atoms with E-state index in [1.165, 1.54) is 24.8 Å². The van der Waals surface area contributed by atoms with Crippen molar-refractivity contribution in [3.05, 3.63) is 60.2 Å². The number of amides is 1. The van der Waals surface area contributed by atoms with Crippen molar-refractivity contribution in [1.82, 2.24) is 0 Å². The number of carbonyl (C=O) groups excluding carboxylic acids is 1. The standard InChI is InChI=1S/C26H31NO2/c28-25(26-16-20-13-21(17-26)15-22(14-20)18-26)27-23-10-4-5-11-24(23)29-12-6-9-19-7-2-1-3-8-19/h1-5,7-8,10-11,20-22H,6,9,12-18H2,(H,27,28). The Kier molecular flexibility index (Phi) is 5.07. The van der Waals surface area contributed by atoms with Crippen LogP contribution in [0.3, 0.4) is 0 Å².